The molecule has 1 heterocycles. The number of amides is 1. The smallest absolute Gasteiger partial charge is 0.341 e. The zero-order chi connectivity index (χ0) is 21.2. The van der Waals surface area contributed by atoms with Gasteiger partial charge in [-0.2, -0.15) is 0 Å². The molecule has 0 unspecified atom stereocenters. The maximum absolute atomic E-state index is 12.9. The molecule has 1 amide bonds. The molecule has 160 valence electrons. The van der Waals surface area contributed by atoms with Crippen molar-refractivity contribution in [2.75, 3.05) is 5.32 Å². The summed E-state index contributed by atoms with van der Waals surface area (Å²) < 4.78 is 5.46. The number of anilines is 1. The second-order valence-electron chi connectivity index (χ2n) is 7.65. The first kappa shape index (κ1) is 23.1. The predicted octanol–water partition coefficient (Wildman–Crippen LogP) is 5.11. The first-order chi connectivity index (χ1) is 13.9. The summed E-state index contributed by atoms with van der Waals surface area (Å²) in [5.74, 6) is -2.19. The van der Waals surface area contributed by atoms with Gasteiger partial charge in [0, 0.05) is 17.0 Å². The van der Waals surface area contributed by atoms with Crippen LogP contribution < -0.4 is 5.32 Å². The molecule has 0 spiro atoms. The summed E-state index contributed by atoms with van der Waals surface area (Å²) in [6.45, 7) is 3.59. The molecule has 0 bridgehead atoms. The number of hydrogen-bond acceptors (Lipinski definition) is 5. The quantitative estimate of drug-likeness (QED) is 0.509. The van der Waals surface area contributed by atoms with Gasteiger partial charge in [0.05, 0.1) is 11.7 Å². The van der Waals surface area contributed by atoms with Crippen LogP contribution in [0.5, 0.6) is 0 Å². The molecule has 2 N–H and O–H groups in total. The highest BCUT2D eigenvalue weighted by Gasteiger charge is 2.26. The van der Waals surface area contributed by atoms with Gasteiger partial charge < -0.3 is 15.2 Å². The van der Waals surface area contributed by atoms with Crippen LogP contribution >= 0.6 is 11.3 Å². The summed E-state index contributed by atoms with van der Waals surface area (Å²) in [6, 6.07) is 0. The van der Waals surface area contributed by atoms with E-state index >= 15 is 0 Å². The van der Waals surface area contributed by atoms with Crippen LogP contribution in [0.3, 0.4) is 0 Å². The Bertz CT molecular complexity index is 751. The second kappa shape index (κ2) is 11.8. The maximum Gasteiger partial charge on any atom is 0.341 e. The number of fused-ring (bicyclic) bond motifs is 1. The molecule has 7 heteroatoms. The van der Waals surface area contributed by atoms with Gasteiger partial charge in [0.2, 0.25) is 5.91 Å². The predicted molar refractivity (Wildman–Crippen MR) is 115 cm³/mol. The summed E-state index contributed by atoms with van der Waals surface area (Å²) in [5.41, 5.74) is 1.42. The molecule has 1 aromatic rings. The van der Waals surface area contributed by atoms with Crippen LogP contribution in [0.4, 0.5) is 5.00 Å². The van der Waals surface area contributed by atoms with E-state index in [1.54, 1.807) is 13.8 Å². The van der Waals surface area contributed by atoms with E-state index in [4.69, 9.17) is 9.84 Å². The number of rotatable bonds is 5. The second-order valence-corrected chi connectivity index (χ2v) is 8.76. The SMILES string of the molecule is CC(C)OC(=O)c1c(NC(=O)C=CC(=O)O)sc2c1CCCCCCCCCC2. The molecule has 0 saturated carbocycles. The average Bonchev–Trinajstić information content (AvgIpc) is 2.96. The first-order valence-electron chi connectivity index (χ1n) is 10.5. The molecule has 0 aliphatic heterocycles. The van der Waals surface area contributed by atoms with Crippen molar-refractivity contribution in [3.63, 3.8) is 0 Å². The standard InChI is InChI=1S/C22H31NO5S/c1-15(2)28-22(27)20-16-11-9-7-5-3-4-6-8-10-12-17(16)29-21(20)23-18(24)13-14-19(25)26/h13-15H,3-12H2,1-2H3,(H,23,24)(H,25,26). The number of aryl methyl sites for hydroxylation is 1. The molecule has 0 saturated heterocycles. The minimum absolute atomic E-state index is 0.264. The average molecular weight is 422 g/mol. The first-order valence-corrected chi connectivity index (χ1v) is 11.3. The van der Waals surface area contributed by atoms with E-state index in [0.29, 0.717) is 10.6 Å². The Hall–Kier alpha value is -2.15. The maximum atomic E-state index is 12.9. The van der Waals surface area contributed by atoms with Crippen LogP contribution in [0.2, 0.25) is 0 Å². The number of carbonyl (C=O) groups is 3. The molecule has 1 aliphatic rings. The van der Waals surface area contributed by atoms with E-state index in [0.717, 1.165) is 61.1 Å². The highest BCUT2D eigenvalue weighted by atomic mass is 32.1. The lowest BCUT2D eigenvalue weighted by Gasteiger charge is -2.12. The molecule has 2 rings (SSSR count). The fraction of sp³-hybridized carbons (Fsp3) is 0.591. The Labute approximate surface area is 176 Å². The Morgan fingerprint density at radius 3 is 2.14 bits per heavy atom. The third-order valence-corrected chi connectivity index (χ3v) is 6.04. The van der Waals surface area contributed by atoms with E-state index in [1.807, 2.05) is 0 Å². The number of nitrogens with one attached hydrogen (secondary N) is 1. The van der Waals surface area contributed by atoms with Crippen LogP contribution in [0.1, 0.15) is 86.0 Å². The molecule has 1 aromatic heterocycles. The number of thiophene rings is 1. The van der Waals surface area contributed by atoms with Crippen molar-refractivity contribution < 1.29 is 24.2 Å². The van der Waals surface area contributed by atoms with Crippen LogP contribution in [-0.4, -0.2) is 29.1 Å². The van der Waals surface area contributed by atoms with Crippen LogP contribution in [0.25, 0.3) is 0 Å². The third-order valence-electron chi connectivity index (χ3n) is 4.83. The highest BCUT2D eigenvalue weighted by molar-refractivity contribution is 7.17. The van der Waals surface area contributed by atoms with E-state index in [1.165, 1.54) is 37.0 Å². The Morgan fingerprint density at radius 1 is 0.966 bits per heavy atom. The monoisotopic (exact) mass is 421 g/mol. The topological polar surface area (TPSA) is 92.7 Å². The number of carboxylic acids is 1. The largest absolute Gasteiger partial charge is 0.478 e. The summed E-state index contributed by atoms with van der Waals surface area (Å²) in [6.07, 6.45) is 12.4. The minimum atomic E-state index is -1.20. The van der Waals surface area contributed by atoms with E-state index in [2.05, 4.69) is 5.32 Å². The van der Waals surface area contributed by atoms with Gasteiger partial charge in [0.15, 0.2) is 0 Å². The van der Waals surface area contributed by atoms with Gasteiger partial charge in [-0.05, 0) is 45.1 Å². The third kappa shape index (κ3) is 7.65. The fourth-order valence-electron chi connectivity index (χ4n) is 3.50. The Morgan fingerprint density at radius 2 is 1.55 bits per heavy atom. The lowest BCUT2D eigenvalue weighted by molar-refractivity contribution is -0.131. The number of ether oxygens (including phenoxy) is 1. The van der Waals surface area contributed by atoms with Gasteiger partial charge in [0.1, 0.15) is 5.00 Å². The van der Waals surface area contributed by atoms with Gasteiger partial charge in [-0.15, -0.1) is 11.3 Å². The number of aliphatic carboxylic acids is 1. The van der Waals surface area contributed by atoms with Gasteiger partial charge in [-0.1, -0.05) is 38.5 Å². The molecular formula is C22H31NO5S. The molecular weight excluding hydrogens is 390 g/mol. The van der Waals surface area contributed by atoms with E-state index in [-0.39, 0.29) is 6.10 Å². The molecule has 6 nitrogen and oxygen atoms in total. The van der Waals surface area contributed by atoms with Crippen LogP contribution in [-0.2, 0) is 27.2 Å². The van der Waals surface area contributed by atoms with Crippen molar-refractivity contribution >= 4 is 34.2 Å². The molecule has 0 fully saturated rings. The summed E-state index contributed by atoms with van der Waals surface area (Å²) in [5, 5.41) is 11.9. The Kier molecular flexibility index (Phi) is 9.38. The highest BCUT2D eigenvalue weighted by Crippen LogP contribution is 2.37. The van der Waals surface area contributed by atoms with Crippen molar-refractivity contribution in [3.8, 4) is 0 Å². The number of esters is 1. The van der Waals surface area contributed by atoms with Gasteiger partial charge in [-0.3, -0.25) is 4.79 Å². The molecule has 29 heavy (non-hydrogen) atoms. The van der Waals surface area contributed by atoms with E-state index in [9.17, 15) is 14.4 Å². The number of hydrogen-bond donors (Lipinski definition) is 2. The van der Waals surface area contributed by atoms with Crippen molar-refractivity contribution in [2.24, 2.45) is 0 Å². The summed E-state index contributed by atoms with van der Waals surface area (Å²) >= 11 is 1.42. The molecule has 1 aliphatic carbocycles. The lowest BCUT2D eigenvalue weighted by Crippen LogP contribution is -2.16. The lowest BCUT2D eigenvalue weighted by atomic mass is 9.97. The summed E-state index contributed by atoms with van der Waals surface area (Å²) in [4.78, 5) is 36.8. The van der Waals surface area contributed by atoms with Crippen LogP contribution in [0.15, 0.2) is 12.2 Å². The van der Waals surface area contributed by atoms with E-state index < -0.39 is 17.8 Å². The van der Waals surface area contributed by atoms with Crippen molar-refractivity contribution in [1.82, 2.24) is 0 Å². The van der Waals surface area contributed by atoms with Crippen LogP contribution in [0, 0.1) is 0 Å². The van der Waals surface area contributed by atoms with Crippen molar-refractivity contribution in [2.45, 2.75) is 84.2 Å². The fourth-order valence-corrected chi connectivity index (χ4v) is 4.78. The molecule has 0 radical (unpaired) electrons. The van der Waals surface area contributed by atoms with Crippen molar-refractivity contribution in [3.05, 3.63) is 28.2 Å². The number of carboxylic acid groups (broad SMARTS) is 1. The zero-order valence-electron chi connectivity index (χ0n) is 17.3. The zero-order valence-corrected chi connectivity index (χ0v) is 18.1. The van der Waals surface area contributed by atoms with Gasteiger partial charge in [0.25, 0.3) is 0 Å². The summed E-state index contributed by atoms with van der Waals surface area (Å²) in [7, 11) is 0. The molecule has 0 atom stereocenters. The van der Waals surface area contributed by atoms with Gasteiger partial charge >= 0.3 is 11.9 Å². The normalized spacial score (nSPS) is 16.0. The van der Waals surface area contributed by atoms with Crippen molar-refractivity contribution in [1.29, 1.82) is 0 Å². The van der Waals surface area contributed by atoms with Gasteiger partial charge in [-0.25, -0.2) is 9.59 Å². The Balaban J connectivity index is 2.36. The number of carbonyl (C=O) groups excluding carboxylic acids is 2. The molecule has 0 aromatic carbocycles. The minimum Gasteiger partial charge on any atom is -0.478 e.